The highest BCUT2D eigenvalue weighted by Crippen LogP contribution is 2.72. The van der Waals surface area contributed by atoms with Crippen molar-refractivity contribution in [3.63, 3.8) is 0 Å². The van der Waals surface area contributed by atoms with Crippen molar-refractivity contribution in [1.29, 1.82) is 0 Å². The maximum Gasteiger partial charge on any atom is 0.0379 e. The van der Waals surface area contributed by atoms with Crippen LogP contribution in [-0.2, 0) is 0 Å². The second-order valence-electron chi connectivity index (χ2n) is 9.80. The van der Waals surface area contributed by atoms with Gasteiger partial charge < -0.3 is 0 Å². The monoisotopic (exact) mass is 378 g/mol. The Morgan fingerprint density at radius 1 is 1.17 bits per heavy atom. The van der Waals surface area contributed by atoms with E-state index >= 15 is 0 Å². The minimum Gasteiger partial charge on any atom is -0.0847 e. The van der Waals surface area contributed by atoms with E-state index in [0.29, 0.717) is 15.2 Å². The van der Waals surface area contributed by atoms with Gasteiger partial charge in [-0.3, -0.25) is 0 Å². The first-order valence-electron chi connectivity index (χ1n) is 10.3. The molecule has 0 aliphatic heterocycles. The first-order valence-corrected chi connectivity index (χ1v) is 11.0. The van der Waals surface area contributed by atoms with Crippen LogP contribution in [0.1, 0.15) is 85.5 Å². The molecule has 4 aliphatic carbocycles. The number of halogens is 1. The lowest BCUT2D eigenvalue weighted by Crippen LogP contribution is -2.59. The molecule has 4 aliphatic rings. The lowest BCUT2D eigenvalue weighted by molar-refractivity contribution is -0.0283. The summed E-state index contributed by atoms with van der Waals surface area (Å²) in [5.74, 6) is 3.75. The highest BCUT2D eigenvalue weighted by molar-refractivity contribution is 9.10. The van der Waals surface area contributed by atoms with E-state index in [0.717, 1.165) is 23.7 Å². The number of hydrogen-bond donors (Lipinski definition) is 0. The first-order chi connectivity index (χ1) is 10.9. The molecule has 0 N–H and O–H groups in total. The van der Waals surface area contributed by atoms with E-state index in [1.165, 1.54) is 57.8 Å². The summed E-state index contributed by atoms with van der Waals surface area (Å²) >= 11 is 4.45. The summed E-state index contributed by atoms with van der Waals surface area (Å²) < 4.78 is 0.386. The van der Waals surface area contributed by atoms with Gasteiger partial charge in [-0.15, -0.1) is 0 Å². The molecule has 0 aromatic carbocycles. The van der Waals surface area contributed by atoms with Gasteiger partial charge in [-0.2, -0.15) is 0 Å². The van der Waals surface area contributed by atoms with Crippen molar-refractivity contribution < 1.29 is 0 Å². The van der Waals surface area contributed by atoms with E-state index < -0.39 is 0 Å². The van der Waals surface area contributed by atoms with Gasteiger partial charge in [-0.1, -0.05) is 61.7 Å². The molecule has 3 fully saturated rings. The lowest BCUT2D eigenvalue weighted by atomic mass is 9.46. The molecule has 0 aromatic heterocycles. The maximum absolute atomic E-state index is 4.45. The third kappa shape index (κ3) is 2.01. The Morgan fingerprint density at radius 3 is 2.70 bits per heavy atom. The molecule has 4 rings (SSSR count). The molecule has 0 bridgehead atoms. The molecule has 0 aromatic rings. The largest absolute Gasteiger partial charge is 0.0847 e. The third-order valence-corrected chi connectivity index (χ3v) is 11.0. The van der Waals surface area contributed by atoms with Crippen molar-refractivity contribution in [2.75, 3.05) is 0 Å². The molecule has 7 atom stereocenters. The van der Waals surface area contributed by atoms with Gasteiger partial charge in [0.25, 0.3) is 0 Å². The van der Waals surface area contributed by atoms with Crippen molar-refractivity contribution in [3.05, 3.63) is 11.6 Å². The third-order valence-electron chi connectivity index (χ3n) is 9.17. The Morgan fingerprint density at radius 2 is 1.96 bits per heavy atom. The Balaban J connectivity index is 1.74. The highest BCUT2D eigenvalue weighted by Gasteiger charge is 2.65. The van der Waals surface area contributed by atoms with Gasteiger partial charge >= 0.3 is 0 Å². The zero-order chi connectivity index (χ0) is 16.5. The fraction of sp³-hybridized carbons (Fsp3) is 0.909. The van der Waals surface area contributed by atoms with Crippen LogP contribution in [0.5, 0.6) is 0 Å². The Labute approximate surface area is 152 Å². The van der Waals surface area contributed by atoms with Crippen molar-refractivity contribution >= 4 is 15.9 Å². The molecule has 1 heteroatoms. The Kier molecular flexibility index (Phi) is 3.88. The van der Waals surface area contributed by atoms with Gasteiger partial charge in [0.1, 0.15) is 0 Å². The molecule has 0 saturated heterocycles. The van der Waals surface area contributed by atoms with Gasteiger partial charge in [0.15, 0.2) is 0 Å². The summed E-state index contributed by atoms with van der Waals surface area (Å²) in [6.45, 7) is 10.3. The van der Waals surface area contributed by atoms with Crippen LogP contribution in [-0.4, -0.2) is 4.32 Å². The summed E-state index contributed by atoms with van der Waals surface area (Å²) in [6.07, 6.45) is 15.3. The van der Waals surface area contributed by atoms with Gasteiger partial charge in [-0.25, -0.2) is 0 Å². The van der Waals surface area contributed by atoms with E-state index in [2.05, 4.69) is 49.7 Å². The molecule has 3 saturated carbocycles. The van der Waals surface area contributed by atoms with Crippen LogP contribution >= 0.6 is 15.9 Å². The summed E-state index contributed by atoms with van der Waals surface area (Å²) in [5, 5.41) is 0. The molecule has 0 amide bonds. The van der Waals surface area contributed by atoms with Crippen LogP contribution in [0.15, 0.2) is 11.6 Å². The second-order valence-corrected chi connectivity index (χ2v) is 11.2. The molecule has 0 spiro atoms. The second kappa shape index (κ2) is 5.36. The fourth-order valence-corrected chi connectivity index (χ4v) is 9.17. The number of alkyl halides is 1. The number of fused-ring (bicyclic) bond motifs is 5. The molecule has 0 unspecified atom stereocenters. The lowest BCUT2D eigenvalue weighted by Gasteiger charge is -2.63. The summed E-state index contributed by atoms with van der Waals surface area (Å²) in [7, 11) is 0. The van der Waals surface area contributed by atoms with Gasteiger partial charge in [-0.05, 0) is 80.5 Å². The molecule has 23 heavy (non-hydrogen) atoms. The molecular formula is C22H35Br. The number of rotatable bonds is 1. The average Bonchev–Trinajstić information content (AvgIpc) is 2.78. The van der Waals surface area contributed by atoms with E-state index in [9.17, 15) is 0 Å². The van der Waals surface area contributed by atoms with Crippen molar-refractivity contribution in [2.24, 2.45) is 34.5 Å². The van der Waals surface area contributed by atoms with Crippen molar-refractivity contribution in [1.82, 2.24) is 0 Å². The van der Waals surface area contributed by atoms with Gasteiger partial charge in [0.2, 0.25) is 0 Å². The van der Waals surface area contributed by atoms with Crippen LogP contribution < -0.4 is 0 Å². The van der Waals surface area contributed by atoms with Crippen LogP contribution in [0.25, 0.3) is 0 Å². The zero-order valence-electron chi connectivity index (χ0n) is 15.6. The Bertz CT molecular complexity index is 522. The predicted molar refractivity (Wildman–Crippen MR) is 103 cm³/mol. The minimum atomic E-state index is 0.386. The summed E-state index contributed by atoms with van der Waals surface area (Å²) in [4.78, 5) is 0. The normalized spacial score (nSPS) is 55.6. The maximum atomic E-state index is 4.45. The molecule has 0 heterocycles. The van der Waals surface area contributed by atoms with E-state index in [4.69, 9.17) is 0 Å². The van der Waals surface area contributed by atoms with Gasteiger partial charge in [0.05, 0.1) is 0 Å². The summed E-state index contributed by atoms with van der Waals surface area (Å²) in [5.41, 5.74) is 2.85. The van der Waals surface area contributed by atoms with Crippen LogP contribution in [0.2, 0.25) is 0 Å². The Hall–Kier alpha value is 0.220. The number of allylic oxidation sites excluding steroid dienone is 2. The minimum absolute atomic E-state index is 0.386. The van der Waals surface area contributed by atoms with E-state index in [1.54, 1.807) is 5.57 Å². The zero-order valence-corrected chi connectivity index (χ0v) is 17.2. The van der Waals surface area contributed by atoms with Gasteiger partial charge in [0, 0.05) is 9.74 Å². The van der Waals surface area contributed by atoms with E-state index in [1.807, 2.05) is 0 Å². The molecule has 0 nitrogen and oxygen atoms in total. The van der Waals surface area contributed by atoms with Crippen LogP contribution in [0, 0.1) is 34.5 Å². The first kappa shape index (κ1) is 16.7. The quantitative estimate of drug-likeness (QED) is 0.336. The van der Waals surface area contributed by atoms with Crippen molar-refractivity contribution in [3.8, 4) is 0 Å². The number of hydrogen-bond acceptors (Lipinski definition) is 0. The average molecular weight is 379 g/mol. The summed E-state index contributed by atoms with van der Waals surface area (Å²) in [6, 6.07) is 0. The molecular weight excluding hydrogens is 344 g/mol. The van der Waals surface area contributed by atoms with Crippen LogP contribution in [0.3, 0.4) is 0 Å². The SMILES string of the molecule is CC[C@H]1[C@H](C)C[C@H]2[C@@H]3CCC4=CCCC[C@]4(C)[C@@]3(Br)CC[C@]12C. The fourth-order valence-electron chi connectivity index (χ4n) is 7.97. The highest BCUT2D eigenvalue weighted by atomic mass is 79.9. The molecule has 130 valence electrons. The van der Waals surface area contributed by atoms with E-state index in [-0.39, 0.29) is 0 Å². The van der Waals surface area contributed by atoms with Crippen molar-refractivity contribution in [2.45, 2.75) is 89.8 Å². The standard InChI is InChI=1S/C22H35Br/c1-5-17-15(2)14-19-18-10-9-16-8-6-7-11-21(16,4)22(18,23)13-12-20(17,19)3/h8,15,17-19H,5-7,9-14H2,1-4H3/t15-,17+,18+,19+,20-,21+,22-/m1/s1. The smallest absolute Gasteiger partial charge is 0.0379 e. The molecule has 0 radical (unpaired) electrons. The van der Waals surface area contributed by atoms with Crippen LogP contribution in [0.4, 0.5) is 0 Å². The predicted octanol–water partition coefficient (Wildman–Crippen LogP) is 7.13. The topological polar surface area (TPSA) is 0 Å².